The predicted molar refractivity (Wildman–Crippen MR) is 72.7 cm³/mol. The molecule has 1 N–H and O–H groups in total. The summed E-state index contributed by atoms with van der Waals surface area (Å²) in [4.78, 5) is 8.74. The van der Waals surface area contributed by atoms with Crippen LogP contribution in [0.1, 0.15) is 43.4 Å². The second-order valence-electron chi connectivity index (χ2n) is 5.49. The van der Waals surface area contributed by atoms with Crippen LogP contribution in [0, 0.1) is 0 Å². The minimum Gasteiger partial charge on any atom is -0.385 e. The molecule has 0 spiro atoms. The summed E-state index contributed by atoms with van der Waals surface area (Å²) >= 11 is 1.60. The number of rotatable bonds is 3. The highest BCUT2D eigenvalue weighted by Gasteiger charge is 2.20. The standard InChI is InChI=1S/C13H19N3OS/c1-13(2,3)10-8-18-11(15-10)7-9(17)12-14-5-6-16(12)4/h5-6,8-9,17H,7H2,1-4H3. The number of hydrogen-bond acceptors (Lipinski definition) is 4. The molecular formula is C13H19N3OS. The molecule has 4 nitrogen and oxygen atoms in total. The SMILES string of the molecule is Cn1ccnc1C(O)Cc1nc(C(C)(C)C)cs1. The zero-order chi connectivity index (χ0) is 13.3. The minimum absolute atomic E-state index is 0.0585. The van der Waals surface area contributed by atoms with Crippen molar-refractivity contribution < 1.29 is 5.11 Å². The van der Waals surface area contributed by atoms with Gasteiger partial charge < -0.3 is 9.67 Å². The molecule has 0 bridgehead atoms. The highest BCUT2D eigenvalue weighted by Crippen LogP contribution is 2.26. The molecule has 0 radical (unpaired) electrons. The molecule has 18 heavy (non-hydrogen) atoms. The van der Waals surface area contributed by atoms with E-state index in [1.54, 1.807) is 17.5 Å². The zero-order valence-electron chi connectivity index (χ0n) is 11.2. The smallest absolute Gasteiger partial charge is 0.137 e. The van der Waals surface area contributed by atoms with Crippen LogP contribution < -0.4 is 0 Å². The van der Waals surface area contributed by atoms with Gasteiger partial charge in [-0.15, -0.1) is 11.3 Å². The van der Waals surface area contributed by atoms with Crippen molar-refractivity contribution in [2.24, 2.45) is 7.05 Å². The summed E-state index contributed by atoms with van der Waals surface area (Å²) in [6, 6.07) is 0. The molecule has 2 aromatic heterocycles. The van der Waals surface area contributed by atoms with Gasteiger partial charge in [-0.3, -0.25) is 0 Å². The number of aliphatic hydroxyl groups is 1. The fourth-order valence-electron chi connectivity index (χ4n) is 1.70. The molecule has 0 saturated heterocycles. The Bertz CT molecular complexity index is 524. The van der Waals surface area contributed by atoms with E-state index in [4.69, 9.17) is 0 Å². The van der Waals surface area contributed by atoms with Crippen LogP contribution in [0.15, 0.2) is 17.8 Å². The van der Waals surface area contributed by atoms with Gasteiger partial charge in [0.2, 0.25) is 0 Å². The van der Waals surface area contributed by atoms with E-state index in [-0.39, 0.29) is 5.41 Å². The molecule has 5 heteroatoms. The van der Waals surface area contributed by atoms with Gasteiger partial charge in [-0.05, 0) is 0 Å². The van der Waals surface area contributed by atoms with Gasteiger partial charge in [0, 0.05) is 36.7 Å². The number of aliphatic hydroxyl groups excluding tert-OH is 1. The van der Waals surface area contributed by atoms with Crippen molar-refractivity contribution in [3.05, 3.63) is 34.3 Å². The van der Waals surface area contributed by atoms with Crippen LogP contribution in [0.25, 0.3) is 0 Å². The first-order chi connectivity index (χ1) is 8.38. The number of aryl methyl sites for hydroxylation is 1. The maximum Gasteiger partial charge on any atom is 0.137 e. The van der Waals surface area contributed by atoms with E-state index < -0.39 is 6.10 Å². The maximum absolute atomic E-state index is 10.1. The molecule has 2 rings (SSSR count). The molecule has 1 atom stereocenters. The largest absolute Gasteiger partial charge is 0.385 e. The summed E-state index contributed by atoms with van der Waals surface area (Å²) in [5.41, 5.74) is 1.14. The molecular weight excluding hydrogens is 246 g/mol. The van der Waals surface area contributed by atoms with Crippen molar-refractivity contribution in [3.63, 3.8) is 0 Å². The third-order valence-corrected chi connectivity index (χ3v) is 3.72. The topological polar surface area (TPSA) is 50.9 Å². The Morgan fingerprint density at radius 2 is 2.17 bits per heavy atom. The van der Waals surface area contributed by atoms with Crippen molar-refractivity contribution in [1.29, 1.82) is 0 Å². The van der Waals surface area contributed by atoms with E-state index in [9.17, 15) is 5.11 Å². The molecule has 0 fully saturated rings. The minimum atomic E-state index is -0.594. The van der Waals surface area contributed by atoms with Gasteiger partial charge in [0.15, 0.2) is 0 Å². The van der Waals surface area contributed by atoms with Gasteiger partial charge in [-0.2, -0.15) is 0 Å². The van der Waals surface area contributed by atoms with Gasteiger partial charge in [0.1, 0.15) is 11.9 Å². The van der Waals surface area contributed by atoms with Crippen LogP contribution in [-0.4, -0.2) is 19.6 Å². The van der Waals surface area contributed by atoms with Gasteiger partial charge in [-0.25, -0.2) is 9.97 Å². The molecule has 0 saturated carbocycles. The van der Waals surface area contributed by atoms with Crippen molar-refractivity contribution in [3.8, 4) is 0 Å². The fourth-order valence-corrected chi connectivity index (χ4v) is 2.76. The summed E-state index contributed by atoms with van der Waals surface area (Å²) in [6.07, 6.45) is 3.46. The lowest BCUT2D eigenvalue weighted by atomic mass is 9.93. The summed E-state index contributed by atoms with van der Waals surface area (Å²) in [7, 11) is 1.88. The zero-order valence-corrected chi connectivity index (χ0v) is 12.0. The van der Waals surface area contributed by atoms with E-state index in [1.165, 1.54) is 0 Å². The molecule has 0 aliphatic rings. The monoisotopic (exact) mass is 265 g/mol. The first-order valence-electron chi connectivity index (χ1n) is 5.98. The van der Waals surface area contributed by atoms with Gasteiger partial charge in [0.05, 0.1) is 10.7 Å². The molecule has 1 unspecified atom stereocenters. The molecule has 2 heterocycles. The lowest BCUT2D eigenvalue weighted by Crippen LogP contribution is -2.12. The van der Waals surface area contributed by atoms with Crippen molar-refractivity contribution in [2.75, 3.05) is 0 Å². The Morgan fingerprint density at radius 3 is 2.67 bits per heavy atom. The van der Waals surface area contributed by atoms with E-state index >= 15 is 0 Å². The van der Waals surface area contributed by atoms with Crippen LogP contribution in [0.3, 0.4) is 0 Å². The molecule has 0 aliphatic heterocycles. The van der Waals surface area contributed by atoms with E-state index in [0.29, 0.717) is 12.2 Å². The number of aromatic nitrogens is 3. The number of hydrogen-bond donors (Lipinski definition) is 1. The maximum atomic E-state index is 10.1. The van der Waals surface area contributed by atoms with E-state index in [1.807, 2.05) is 17.8 Å². The van der Waals surface area contributed by atoms with E-state index in [2.05, 4.69) is 36.1 Å². The van der Waals surface area contributed by atoms with Gasteiger partial charge in [-0.1, -0.05) is 20.8 Å². The quantitative estimate of drug-likeness (QED) is 0.927. The Balaban J connectivity index is 2.11. The van der Waals surface area contributed by atoms with E-state index in [0.717, 1.165) is 10.7 Å². The molecule has 0 aromatic carbocycles. The lowest BCUT2D eigenvalue weighted by Gasteiger charge is -2.14. The van der Waals surface area contributed by atoms with Crippen LogP contribution >= 0.6 is 11.3 Å². The highest BCUT2D eigenvalue weighted by molar-refractivity contribution is 7.09. The van der Waals surface area contributed by atoms with Gasteiger partial charge in [0.25, 0.3) is 0 Å². The Kier molecular flexibility index (Phi) is 3.54. The van der Waals surface area contributed by atoms with Crippen LogP contribution in [0.5, 0.6) is 0 Å². The molecule has 2 aromatic rings. The van der Waals surface area contributed by atoms with Crippen LogP contribution in [0.2, 0.25) is 0 Å². The third kappa shape index (κ3) is 2.79. The summed E-state index contributed by atoms with van der Waals surface area (Å²) in [5, 5.41) is 13.2. The summed E-state index contributed by atoms with van der Waals surface area (Å²) < 4.78 is 1.84. The second-order valence-corrected chi connectivity index (χ2v) is 6.44. The van der Waals surface area contributed by atoms with Crippen molar-refractivity contribution in [1.82, 2.24) is 14.5 Å². The summed E-state index contributed by atoms with van der Waals surface area (Å²) in [6.45, 7) is 6.42. The number of thiazole rings is 1. The first kappa shape index (κ1) is 13.2. The van der Waals surface area contributed by atoms with Crippen LogP contribution in [0.4, 0.5) is 0 Å². The first-order valence-corrected chi connectivity index (χ1v) is 6.86. The predicted octanol–water partition coefficient (Wildman–Crippen LogP) is 2.45. The highest BCUT2D eigenvalue weighted by atomic mass is 32.1. The Labute approximate surface area is 111 Å². The number of imidazole rings is 1. The average Bonchev–Trinajstić information content (AvgIpc) is 2.85. The number of nitrogens with zero attached hydrogens (tertiary/aromatic N) is 3. The average molecular weight is 265 g/mol. The summed E-state index contributed by atoms with van der Waals surface area (Å²) in [5.74, 6) is 0.683. The molecule has 0 amide bonds. The van der Waals surface area contributed by atoms with Gasteiger partial charge >= 0.3 is 0 Å². The lowest BCUT2D eigenvalue weighted by molar-refractivity contribution is 0.165. The van der Waals surface area contributed by atoms with Crippen molar-refractivity contribution in [2.45, 2.75) is 38.7 Å². The third-order valence-electron chi connectivity index (χ3n) is 2.84. The second kappa shape index (κ2) is 4.82. The Morgan fingerprint density at radius 1 is 1.44 bits per heavy atom. The Hall–Kier alpha value is -1.20. The fraction of sp³-hybridized carbons (Fsp3) is 0.538. The molecule has 0 aliphatic carbocycles. The molecule has 98 valence electrons. The van der Waals surface area contributed by atoms with Crippen LogP contribution in [-0.2, 0) is 18.9 Å². The normalized spacial score (nSPS) is 13.8. The van der Waals surface area contributed by atoms with Crippen molar-refractivity contribution >= 4 is 11.3 Å².